The molecule has 0 aliphatic carbocycles. The summed E-state index contributed by atoms with van der Waals surface area (Å²) in [5.74, 6) is 0. The monoisotopic (exact) mass is 274 g/mol. The average molecular weight is 275 g/mol. The van der Waals surface area contributed by atoms with Crippen LogP contribution in [0.2, 0.25) is 10.0 Å². The van der Waals surface area contributed by atoms with Crippen LogP contribution in [0.3, 0.4) is 0 Å². The number of hydrogen-bond donors (Lipinski definition) is 2. The number of nitrogens with zero attached hydrogens (tertiary/aromatic N) is 1. The van der Waals surface area contributed by atoms with Crippen LogP contribution in [0.5, 0.6) is 0 Å². The number of amides is 2. The quantitative estimate of drug-likeness (QED) is 0.827. The lowest BCUT2D eigenvalue weighted by Gasteiger charge is -2.17. The number of benzene rings is 1. The van der Waals surface area contributed by atoms with Gasteiger partial charge in [0.2, 0.25) is 0 Å². The first-order valence-corrected chi connectivity index (χ1v) is 6.01. The molecule has 1 atom stereocenters. The lowest BCUT2D eigenvalue weighted by Crippen LogP contribution is -2.33. The minimum Gasteiger partial charge on any atom is -0.391 e. The largest absolute Gasteiger partial charge is 0.391 e. The standard InChI is InChI=1S/C11H12Cl2N2O2/c12-7-1-2-10(9(13)5-7)14-11(17)15-4-3-8(16)6-15/h1-2,5,8,16H,3-4,6H2,(H,14,17)/t8-/m1/s1. The van der Waals surface area contributed by atoms with E-state index >= 15 is 0 Å². The Morgan fingerprint density at radius 1 is 1.47 bits per heavy atom. The number of aliphatic hydroxyl groups excluding tert-OH is 1. The van der Waals surface area contributed by atoms with E-state index in [1.165, 1.54) is 0 Å². The van der Waals surface area contributed by atoms with E-state index in [1.54, 1.807) is 23.1 Å². The number of urea groups is 1. The van der Waals surface area contributed by atoms with Gasteiger partial charge in [0.1, 0.15) is 0 Å². The third kappa shape index (κ3) is 3.03. The number of nitrogens with one attached hydrogen (secondary N) is 1. The van der Waals surface area contributed by atoms with E-state index in [1.807, 2.05) is 0 Å². The molecule has 92 valence electrons. The normalized spacial score (nSPS) is 19.5. The average Bonchev–Trinajstić information content (AvgIpc) is 2.69. The number of halogens is 2. The topological polar surface area (TPSA) is 52.6 Å². The first kappa shape index (κ1) is 12.5. The number of carbonyl (C=O) groups is 1. The molecule has 0 unspecified atom stereocenters. The number of rotatable bonds is 1. The molecule has 0 bridgehead atoms. The van der Waals surface area contributed by atoms with Crippen molar-refractivity contribution >= 4 is 34.9 Å². The lowest BCUT2D eigenvalue weighted by molar-refractivity contribution is 0.176. The Bertz CT molecular complexity index is 439. The van der Waals surface area contributed by atoms with Gasteiger partial charge in [0, 0.05) is 18.1 Å². The van der Waals surface area contributed by atoms with Gasteiger partial charge < -0.3 is 15.3 Å². The molecule has 1 aromatic carbocycles. The van der Waals surface area contributed by atoms with E-state index in [0.717, 1.165) is 0 Å². The summed E-state index contributed by atoms with van der Waals surface area (Å²) < 4.78 is 0. The molecule has 2 amide bonds. The Balaban J connectivity index is 2.03. The van der Waals surface area contributed by atoms with Gasteiger partial charge in [0.15, 0.2) is 0 Å². The summed E-state index contributed by atoms with van der Waals surface area (Å²) in [6.07, 6.45) is 0.184. The zero-order valence-electron chi connectivity index (χ0n) is 8.99. The molecule has 1 saturated heterocycles. The van der Waals surface area contributed by atoms with Crippen molar-refractivity contribution in [3.05, 3.63) is 28.2 Å². The van der Waals surface area contributed by atoms with Gasteiger partial charge in [-0.25, -0.2) is 4.79 Å². The number of likely N-dealkylation sites (tertiary alicyclic amines) is 1. The second kappa shape index (κ2) is 5.12. The fraction of sp³-hybridized carbons (Fsp3) is 0.364. The van der Waals surface area contributed by atoms with Gasteiger partial charge in [0.25, 0.3) is 0 Å². The maximum absolute atomic E-state index is 11.8. The molecule has 6 heteroatoms. The highest BCUT2D eigenvalue weighted by molar-refractivity contribution is 6.36. The van der Waals surface area contributed by atoms with Crippen LogP contribution < -0.4 is 5.32 Å². The smallest absolute Gasteiger partial charge is 0.321 e. The van der Waals surface area contributed by atoms with Crippen molar-refractivity contribution in [3.8, 4) is 0 Å². The maximum atomic E-state index is 11.8. The summed E-state index contributed by atoms with van der Waals surface area (Å²) in [5.41, 5.74) is 0.516. The van der Waals surface area contributed by atoms with Crippen molar-refractivity contribution in [2.45, 2.75) is 12.5 Å². The fourth-order valence-corrected chi connectivity index (χ4v) is 2.17. The third-order valence-electron chi connectivity index (χ3n) is 2.62. The minimum absolute atomic E-state index is 0.259. The third-order valence-corrected chi connectivity index (χ3v) is 3.17. The Morgan fingerprint density at radius 2 is 2.24 bits per heavy atom. The molecule has 1 fully saturated rings. The number of β-amino-alcohol motifs (C(OH)–C–C–N with tert-alkyl or cyclic N) is 1. The number of carbonyl (C=O) groups excluding carboxylic acids is 1. The fourth-order valence-electron chi connectivity index (χ4n) is 1.71. The van der Waals surface area contributed by atoms with Crippen LogP contribution in [0, 0.1) is 0 Å². The maximum Gasteiger partial charge on any atom is 0.321 e. The molecule has 17 heavy (non-hydrogen) atoms. The molecule has 1 aliphatic rings. The van der Waals surface area contributed by atoms with Crippen LogP contribution in [-0.4, -0.2) is 35.2 Å². The summed E-state index contributed by atoms with van der Waals surface area (Å²) in [6, 6.07) is 4.61. The Labute approximate surface area is 109 Å². The number of anilines is 1. The van der Waals surface area contributed by atoms with Crippen LogP contribution in [0.25, 0.3) is 0 Å². The SMILES string of the molecule is O=C(Nc1ccc(Cl)cc1Cl)N1CC[C@@H](O)C1. The molecule has 4 nitrogen and oxygen atoms in total. The Hall–Kier alpha value is -0.970. The van der Waals surface area contributed by atoms with E-state index in [9.17, 15) is 9.90 Å². The highest BCUT2D eigenvalue weighted by Gasteiger charge is 2.24. The van der Waals surface area contributed by atoms with E-state index < -0.39 is 6.10 Å². The zero-order chi connectivity index (χ0) is 12.4. The predicted octanol–water partition coefficient (Wildman–Crippen LogP) is 2.59. The Morgan fingerprint density at radius 3 is 2.82 bits per heavy atom. The van der Waals surface area contributed by atoms with E-state index in [0.29, 0.717) is 35.2 Å². The van der Waals surface area contributed by atoms with Crippen molar-refractivity contribution < 1.29 is 9.90 Å². The molecule has 0 radical (unpaired) electrons. The summed E-state index contributed by atoms with van der Waals surface area (Å²) in [7, 11) is 0. The van der Waals surface area contributed by atoms with Crippen molar-refractivity contribution in [1.82, 2.24) is 4.90 Å². The van der Waals surface area contributed by atoms with Crippen molar-refractivity contribution in [3.63, 3.8) is 0 Å². The van der Waals surface area contributed by atoms with Crippen molar-refractivity contribution in [2.75, 3.05) is 18.4 Å². The first-order valence-electron chi connectivity index (χ1n) is 5.25. The van der Waals surface area contributed by atoms with Crippen LogP contribution in [0.4, 0.5) is 10.5 Å². The van der Waals surface area contributed by atoms with Gasteiger partial charge in [0.05, 0.1) is 16.8 Å². The summed E-state index contributed by atoms with van der Waals surface area (Å²) in [6.45, 7) is 0.912. The molecule has 1 heterocycles. The Kier molecular flexibility index (Phi) is 3.76. The highest BCUT2D eigenvalue weighted by atomic mass is 35.5. The van der Waals surface area contributed by atoms with E-state index in [-0.39, 0.29) is 6.03 Å². The van der Waals surface area contributed by atoms with Crippen LogP contribution >= 0.6 is 23.2 Å². The summed E-state index contributed by atoms with van der Waals surface area (Å²) in [5, 5.41) is 12.9. The highest BCUT2D eigenvalue weighted by Crippen LogP contribution is 2.25. The van der Waals surface area contributed by atoms with Crippen LogP contribution in [0.15, 0.2) is 18.2 Å². The molecular weight excluding hydrogens is 263 g/mol. The predicted molar refractivity (Wildman–Crippen MR) is 67.7 cm³/mol. The summed E-state index contributed by atoms with van der Waals surface area (Å²) in [4.78, 5) is 13.4. The van der Waals surface area contributed by atoms with Gasteiger partial charge in [-0.1, -0.05) is 23.2 Å². The lowest BCUT2D eigenvalue weighted by atomic mass is 10.3. The van der Waals surface area contributed by atoms with Gasteiger partial charge in [-0.2, -0.15) is 0 Å². The summed E-state index contributed by atoms with van der Waals surface area (Å²) >= 11 is 11.7. The molecule has 0 saturated carbocycles. The molecule has 2 rings (SSSR count). The first-order chi connectivity index (χ1) is 8.06. The molecule has 0 spiro atoms. The van der Waals surface area contributed by atoms with Gasteiger partial charge in [-0.15, -0.1) is 0 Å². The van der Waals surface area contributed by atoms with Gasteiger partial charge in [-0.05, 0) is 24.6 Å². The second-order valence-electron chi connectivity index (χ2n) is 3.94. The molecule has 1 aliphatic heterocycles. The van der Waals surface area contributed by atoms with Crippen molar-refractivity contribution in [2.24, 2.45) is 0 Å². The molecule has 2 N–H and O–H groups in total. The number of hydrogen-bond acceptors (Lipinski definition) is 2. The zero-order valence-corrected chi connectivity index (χ0v) is 10.5. The van der Waals surface area contributed by atoms with Crippen LogP contribution in [-0.2, 0) is 0 Å². The minimum atomic E-state index is -0.429. The van der Waals surface area contributed by atoms with Gasteiger partial charge in [-0.3, -0.25) is 0 Å². The number of aliphatic hydroxyl groups is 1. The van der Waals surface area contributed by atoms with Crippen molar-refractivity contribution in [1.29, 1.82) is 0 Å². The van der Waals surface area contributed by atoms with E-state index in [2.05, 4.69) is 5.32 Å². The van der Waals surface area contributed by atoms with E-state index in [4.69, 9.17) is 23.2 Å². The van der Waals surface area contributed by atoms with Gasteiger partial charge >= 0.3 is 6.03 Å². The van der Waals surface area contributed by atoms with Crippen LogP contribution in [0.1, 0.15) is 6.42 Å². The molecular formula is C11H12Cl2N2O2. The molecule has 0 aromatic heterocycles. The second-order valence-corrected chi connectivity index (χ2v) is 4.79. The molecule has 1 aromatic rings.